The highest BCUT2D eigenvalue weighted by atomic mass is 16.5. The van der Waals surface area contributed by atoms with Crippen LogP contribution in [0.4, 0.5) is 0 Å². The van der Waals surface area contributed by atoms with E-state index in [1.165, 1.54) is 18.4 Å². The molecule has 0 fully saturated rings. The number of ether oxygens (including phenoxy) is 1. The van der Waals surface area contributed by atoms with Crippen molar-refractivity contribution in [2.45, 2.75) is 71.8 Å². The lowest BCUT2D eigenvalue weighted by atomic mass is 9.97. The van der Waals surface area contributed by atoms with E-state index >= 15 is 0 Å². The number of rotatable bonds is 15. The van der Waals surface area contributed by atoms with E-state index in [0.717, 1.165) is 42.4 Å². The third-order valence-corrected chi connectivity index (χ3v) is 6.40. The Labute approximate surface area is 226 Å². The molecule has 0 aliphatic rings. The second-order valence-corrected chi connectivity index (χ2v) is 10.2. The Morgan fingerprint density at radius 2 is 1.68 bits per heavy atom. The van der Waals surface area contributed by atoms with Crippen LogP contribution in [-0.4, -0.2) is 28.5 Å². The Bertz CT molecular complexity index is 1160. The molecule has 0 saturated heterocycles. The van der Waals surface area contributed by atoms with E-state index in [9.17, 15) is 9.59 Å². The summed E-state index contributed by atoms with van der Waals surface area (Å²) < 4.78 is 6.43. The Hall–Kier alpha value is -3.67. The minimum atomic E-state index is -0.944. The van der Waals surface area contributed by atoms with E-state index in [1.54, 1.807) is 24.3 Å². The van der Waals surface area contributed by atoms with Gasteiger partial charge in [0, 0.05) is 35.6 Å². The Morgan fingerprint density at radius 3 is 2.34 bits per heavy atom. The van der Waals surface area contributed by atoms with Crippen LogP contribution in [0, 0.1) is 5.92 Å². The average Bonchev–Trinajstić information content (AvgIpc) is 2.90. The lowest BCUT2D eigenvalue weighted by Gasteiger charge is -2.20. The summed E-state index contributed by atoms with van der Waals surface area (Å²) in [6, 6.07) is 17.9. The highest BCUT2D eigenvalue weighted by molar-refractivity contribution is 5.94. The minimum absolute atomic E-state index is 0.0933. The normalized spacial score (nSPS) is 11.8. The molecule has 0 aliphatic heterocycles. The molecular formula is C32H40N2O4. The molecule has 2 aromatic carbocycles. The molecule has 6 heteroatoms. The zero-order valence-corrected chi connectivity index (χ0v) is 22.8. The van der Waals surface area contributed by atoms with Crippen LogP contribution >= 0.6 is 0 Å². The van der Waals surface area contributed by atoms with Crippen LogP contribution in [0.3, 0.4) is 0 Å². The zero-order valence-electron chi connectivity index (χ0n) is 22.8. The number of carboxylic acids is 1. The number of unbranched alkanes of at least 4 members (excludes halogenated alkanes) is 3. The molecule has 0 radical (unpaired) electrons. The number of carbonyl (C=O) groups is 2. The number of hydrogen-bond acceptors (Lipinski definition) is 4. The molecule has 2 N–H and O–H groups in total. The minimum Gasteiger partial charge on any atom is -0.486 e. The van der Waals surface area contributed by atoms with Gasteiger partial charge in [0.25, 0.3) is 5.91 Å². The first kappa shape index (κ1) is 28.9. The Kier molecular flexibility index (Phi) is 11.3. The lowest BCUT2D eigenvalue weighted by molar-refractivity contribution is -0.136. The molecule has 38 heavy (non-hydrogen) atoms. The van der Waals surface area contributed by atoms with Crippen LogP contribution in [0.15, 0.2) is 67.0 Å². The first-order valence-electron chi connectivity index (χ1n) is 13.7. The quantitative estimate of drug-likeness (QED) is 0.208. The van der Waals surface area contributed by atoms with Crippen LogP contribution < -0.4 is 10.1 Å². The van der Waals surface area contributed by atoms with Gasteiger partial charge in [0.05, 0.1) is 6.42 Å². The average molecular weight is 517 g/mol. The molecule has 0 saturated carbocycles. The van der Waals surface area contributed by atoms with Crippen molar-refractivity contribution in [2.24, 2.45) is 5.92 Å². The number of aliphatic carboxylic acids is 1. The molecule has 0 spiro atoms. The summed E-state index contributed by atoms with van der Waals surface area (Å²) in [4.78, 5) is 27.5. The summed E-state index contributed by atoms with van der Waals surface area (Å²) in [6.45, 7) is 6.75. The second kappa shape index (κ2) is 14.9. The monoisotopic (exact) mass is 516 g/mol. The molecular weight excluding hydrogens is 476 g/mol. The molecule has 1 amide bonds. The zero-order chi connectivity index (χ0) is 27.3. The van der Waals surface area contributed by atoms with Crippen molar-refractivity contribution >= 4 is 11.9 Å². The second-order valence-electron chi connectivity index (χ2n) is 10.2. The number of nitrogens with zero attached hydrogens (tertiary/aromatic N) is 1. The van der Waals surface area contributed by atoms with Crippen molar-refractivity contribution in [2.75, 3.05) is 6.54 Å². The van der Waals surface area contributed by atoms with Gasteiger partial charge in [-0.05, 0) is 66.6 Å². The maximum atomic E-state index is 12.3. The van der Waals surface area contributed by atoms with E-state index in [0.29, 0.717) is 17.2 Å². The van der Waals surface area contributed by atoms with Crippen LogP contribution in [0.25, 0.3) is 11.1 Å². The van der Waals surface area contributed by atoms with Crippen LogP contribution in [0.1, 0.15) is 86.9 Å². The van der Waals surface area contributed by atoms with E-state index in [-0.39, 0.29) is 25.0 Å². The molecule has 3 aromatic rings. The molecule has 3 rings (SSSR count). The third-order valence-electron chi connectivity index (χ3n) is 6.40. The van der Waals surface area contributed by atoms with E-state index in [4.69, 9.17) is 9.84 Å². The van der Waals surface area contributed by atoms with Gasteiger partial charge in [0.2, 0.25) is 0 Å². The number of carboxylic acid groups (broad SMARTS) is 1. The van der Waals surface area contributed by atoms with E-state index in [2.05, 4.69) is 61.4 Å². The van der Waals surface area contributed by atoms with Crippen LogP contribution in [0.5, 0.6) is 5.75 Å². The topological polar surface area (TPSA) is 88.5 Å². The van der Waals surface area contributed by atoms with Crippen molar-refractivity contribution in [1.29, 1.82) is 0 Å². The number of hydrogen-bond donors (Lipinski definition) is 2. The molecule has 1 aromatic heterocycles. The van der Waals surface area contributed by atoms with Gasteiger partial charge >= 0.3 is 5.97 Å². The predicted octanol–water partition coefficient (Wildman–Crippen LogP) is 7.24. The van der Waals surface area contributed by atoms with Crippen LogP contribution in [0.2, 0.25) is 0 Å². The van der Waals surface area contributed by atoms with Gasteiger partial charge < -0.3 is 15.2 Å². The summed E-state index contributed by atoms with van der Waals surface area (Å²) in [5.74, 6) is 0.0545. The smallest absolute Gasteiger partial charge is 0.305 e. The summed E-state index contributed by atoms with van der Waals surface area (Å²) in [5, 5.41) is 11.4. The largest absolute Gasteiger partial charge is 0.486 e. The number of benzene rings is 2. The molecule has 1 heterocycles. The van der Waals surface area contributed by atoms with E-state index < -0.39 is 5.97 Å². The third kappa shape index (κ3) is 9.33. The van der Waals surface area contributed by atoms with Gasteiger partial charge in [-0.2, -0.15) is 0 Å². The molecule has 0 unspecified atom stereocenters. The number of aromatic nitrogens is 1. The van der Waals surface area contributed by atoms with Gasteiger partial charge in [0.15, 0.2) is 0 Å². The number of pyridine rings is 1. The SMILES string of the molecule is CCCCCC[C@@H](Oc1ccc(C(=O)NCCC(=O)O)cc1)c1cncc(-c2ccc(CC(C)C)cc2)c1. The molecule has 202 valence electrons. The van der Waals surface area contributed by atoms with Gasteiger partial charge in [-0.25, -0.2) is 0 Å². The van der Waals surface area contributed by atoms with E-state index in [1.807, 2.05) is 12.4 Å². The van der Waals surface area contributed by atoms with Crippen molar-refractivity contribution in [3.63, 3.8) is 0 Å². The van der Waals surface area contributed by atoms with Crippen molar-refractivity contribution in [3.05, 3.63) is 83.7 Å². The molecule has 1 atom stereocenters. The van der Waals surface area contributed by atoms with Crippen molar-refractivity contribution in [3.8, 4) is 16.9 Å². The van der Waals surface area contributed by atoms with Gasteiger partial charge in [-0.1, -0.05) is 64.3 Å². The highest BCUT2D eigenvalue weighted by Gasteiger charge is 2.16. The summed E-state index contributed by atoms with van der Waals surface area (Å²) in [5.41, 5.74) is 5.03. The predicted molar refractivity (Wildman–Crippen MR) is 151 cm³/mol. The van der Waals surface area contributed by atoms with Gasteiger partial charge in [0.1, 0.15) is 11.9 Å². The standard InChI is InChI=1S/C32H40N2O4/c1-4-5-6-7-8-30(38-29-15-13-26(14-16-29)32(37)34-18-17-31(35)36)28-20-27(21-33-22-28)25-11-9-24(10-12-25)19-23(2)3/h9-16,20-23,30H,4-8,17-19H2,1-3H3,(H,34,37)(H,35,36)/t30-/m1/s1. The first-order chi connectivity index (χ1) is 18.4. The number of carbonyl (C=O) groups excluding carboxylic acids is 1. The van der Waals surface area contributed by atoms with Crippen molar-refractivity contribution < 1.29 is 19.4 Å². The highest BCUT2D eigenvalue weighted by Crippen LogP contribution is 2.30. The fourth-order valence-corrected chi connectivity index (χ4v) is 4.38. The molecule has 0 aliphatic carbocycles. The number of amides is 1. The van der Waals surface area contributed by atoms with Crippen LogP contribution in [-0.2, 0) is 11.2 Å². The van der Waals surface area contributed by atoms with Gasteiger partial charge in [-0.15, -0.1) is 0 Å². The maximum Gasteiger partial charge on any atom is 0.305 e. The van der Waals surface area contributed by atoms with Crippen molar-refractivity contribution in [1.82, 2.24) is 10.3 Å². The fraction of sp³-hybridized carbons (Fsp3) is 0.406. The summed E-state index contributed by atoms with van der Waals surface area (Å²) in [7, 11) is 0. The summed E-state index contributed by atoms with van der Waals surface area (Å²) in [6.07, 6.45) is 10.0. The number of nitrogens with one attached hydrogen (secondary N) is 1. The Morgan fingerprint density at radius 1 is 0.947 bits per heavy atom. The molecule has 6 nitrogen and oxygen atoms in total. The first-order valence-corrected chi connectivity index (χ1v) is 13.7. The summed E-state index contributed by atoms with van der Waals surface area (Å²) >= 11 is 0. The van der Waals surface area contributed by atoms with Gasteiger partial charge in [-0.3, -0.25) is 14.6 Å². The Balaban J connectivity index is 1.74. The fourth-order valence-electron chi connectivity index (χ4n) is 4.38. The molecule has 0 bridgehead atoms. The maximum absolute atomic E-state index is 12.3. The lowest BCUT2D eigenvalue weighted by Crippen LogP contribution is -2.25.